The van der Waals surface area contributed by atoms with Crippen LogP contribution in [0.4, 0.5) is 0 Å². The molecule has 4 heteroatoms. The van der Waals surface area contributed by atoms with Crippen LogP contribution in [0.2, 0.25) is 0 Å². The van der Waals surface area contributed by atoms with E-state index in [9.17, 15) is 15.0 Å². The van der Waals surface area contributed by atoms with Crippen LogP contribution in [0.3, 0.4) is 0 Å². The molecule has 0 aliphatic heterocycles. The number of carbonyl (C=O) groups excluding carboxylic acids is 1. The van der Waals surface area contributed by atoms with Crippen LogP contribution in [-0.2, 0) is 9.53 Å². The molecule has 0 aliphatic rings. The molecular formula is C14H24O4. The summed E-state index contributed by atoms with van der Waals surface area (Å²) in [5.74, 6) is -0.517. The number of ether oxygens (including phenoxy) is 1. The molecule has 0 bridgehead atoms. The van der Waals surface area contributed by atoms with E-state index in [0.717, 1.165) is 6.08 Å². The standard InChI is InChI=1S/C14H24O4/c1-5-18-13(16)9-8-12(15)14(4,17)10-6-7-11(2)3/h7-9,12,15,17H,5-6,10H2,1-4H3/b9-8+/t12-,14-/m0/s1. The molecule has 0 aromatic rings. The maximum Gasteiger partial charge on any atom is 0.330 e. The number of aliphatic hydroxyl groups excluding tert-OH is 1. The van der Waals surface area contributed by atoms with Gasteiger partial charge in [-0.05, 0) is 46.6 Å². The minimum absolute atomic E-state index is 0.288. The van der Waals surface area contributed by atoms with Crippen molar-refractivity contribution in [3.05, 3.63) is 23.8 Å². The van der Waals surface area contributed by atoms with Crippen LogP contribution in [0, 0.1) is 0 Å². The van der Waals surface area contributed by atoms with Gasteiger partial charge in [0.2, 0.25) is 0 Å². The molecule has 0 heterocycles. The second-order valence-electron chi connectivity index (χ2n) is 4.73. The lowest BCUT2D eigenvalue weighted by Gasteiger charge is -2.26. The third-order valence-electron chi connectivity index (χ3n) is 2.54. The quantitative estimate of drug-likeness (QED) is 0.415. The monoisotopic (exact) mass is 256 g/mol. The number of carbonyl (C=O) groups is 1. The van der Waals surface area contributed by atoms with Crippen molar-refractivity contribution in [2.75, 3.05) is 6.61 Å². The van der Waals surface area contributed by atoms with Crippen molar-refractivity contribution in [3.63, 3.8) is 0 Å². The lowest BCUT2D eigenvalue weighted by molar-refractivity contribution is -0.137. The molecule has 4 nitrogen and oxygen atoms in total. The number of hydrogen-bond acceptors (Lipinski definition) is 4. The average molecular weight is 256 g/mol. The fraction of sp³-hybridized carbons (Fsp3) is 0.643. The maximum absolute atomic E-state index is 11.1. The molecule has 2 atom stereocenters. The Morgan fingerprint density at radius 2 is 2.06 bits per heavy atom. The number of esters is 1. The first kappa shape index (κ1) is 16.9. The van der Waals surface area contributed by atoms with E-state index in [0.29, 0.717) is 12.8 Å². The highest BCUT2D eigenvalue weighted by molar-refractivity contribution is 5.81. The van der Waals surface area contributed by atoms with Crippen LogP contribution >= 0.6 is 0 Å². The zero-order valence-electron chi connectivity index (χ0n) is 11.6. The van der Waals surface area contributed by atoms with Crippen molar-refractivity contribution in [3.8, 4) is 0 Å². The molecule has 0 aliphatic carbocycles. The summed E-state index contributed by atoms with van der Waals surface area (Å²) in [7, 11) is 0. The minimum Gasteiger partial charge on any atom is -0.463 e. The summed E-state index contributed by atoms with van der Waals surface area (Å²) < 4.78 is 4.69. The van der Waals surface area contributed by atoms with Crippen molar-refractivity contribution < 1.29 is 19.7 Å². The van der Waals surface area contributed by atoms with Crippen LogP contribution in [-0.4, -0.2) is 34.5 Å². The summed E-state index contributed by atoms with van der Waals surface area (Å²) in [6.45, 7) is 7.50. The highest BCUT2D eigenvalue weighted by Gasteiger charge is 2.27. The summed E-state index contributed by atoms with van der Waals surface area (Å²) in [6.07, 6.45) is 4.42. The van der Waals surface area contributed by atoms with Gasteiger partial charge in [-0.3, -0.25) is 0 Å². The Balaban J connectivity index is 4.33. The highest BCUT2D eigenvalue weighted by atomic mass is 16.5. The first-order chi connectivity index (χ1) is 8.29. The van der Waals surface area contributed by atoms with Crippen LogP contribution < -0.4 is 0 Å². The molecule has 18 heavy (non-hydrogen) atoms. The second kappa shape index (κ2) is 8.06. The SMILES string of the molecule is CCOC(=O)/C=C/[C@H](O)[C@@](C)(O)CCC=C(C)C. The summed E-state index contributed by atoms with van der Waals surface area (Å²) in [6, 6.07) is 0. The van der Waals surface area contributed by atoms with E-state index < -0.39 is 17.7 Å². The van der Waals surface area contributed by atoms with Gasteiger partial charge in [-0.15, -0.1) is 0 Å². The normalized spacial score (nSPS) is 16.1. The van der Waals surface area contributed by atoms with Crippen LogP contribution in [0.25, 0.3) is 0 Å². The van der Waals surface area contributed by atoms with E-state index in [1.54, 1.807) is 13.8 Å². The van der Waals surface area contributed by atoms with E-state index in [1.807, 2.05) is 19.9 Å². The zero-order chi connectivity index (χ0) is 14.2. The van der Waals surface area contributed by atoms with Crippen LogP contribution in [0.15, 0.2) is 23.8 Å². The molecule has 0 radical (unpaired) electrons. The molecular weight excluding hydrogens is 232 g/mol. The van der Waals surface area contributed by atoms with Crippen molar-refractivity contribution in [2.45, 2.75) is 52.2 Å². The highest BCUT2D eigenvalue weighted by Crippen LogP contribution is 2.19. The first-order valence-electron chi connectivity index (χ1n) is 6.18. The Morgan fingerprint density at radius 3 is 2.56 bits per heavy atom. The summed E-state index contributed by atoms with van der Waals surface area (Å²) in [5.41, 5.74) is -0.0862. The molecule has 0 rings (SSSR count). The number of aliphatic hydroxyl groups is 2. The van der Waals surface area contributed by atoms with Gasteiger partial charge in [0.05, 0.1) is 12.2 Å². The van der Waals surface area contributed by atoms with E-state index >= 15 is 0 Å². The van der Waals surface area contributed by atoms with Gasteiger partial charge in [-0.1, -0.05) is 11.6 Å². The topological polar surface area (TPSA) is 66.8 Å². The fourth-order valence-electron chi connectivity index (χ4n) is 1.37. The third kappa shape index (κ3) is 7.25. The number of rotatable bonds is 7. The van der Waals surface area contributed by atoms with Crippen molar-refractivity contribution in [1.29, 1.82) is 0 Å². The van der Waals surface area contributed by atoms with E-state index in [2.05, 4.69) is 4.74 Å². The molecule has 0 saturated heterocycles. The molecule has 104 valence electrons. The molecule has 0 saturated carbocycles. The molecule has 0 aromatic heterocycles. The fourth-order valence-corrected chi connectivity index (χ4v) is 1.37. The maximum atomic E-state index is 11.1. The largest absolute Gasteiger partial charge is 0.463 e. The van der Waals surface area contributed by atoms with Crippen molar-refractivity contribution in [2.24, 2.45) is 0 Å². The molecule has 0 amide bonds. The van der Waals surface area contributed by atoms with Gasteiger partial charge in [0, 0.05) is 6.08 Å². The zero-order valence-corrected chi connectivity index (χ0v) is 11.6. The van der Waals surface area contributed by atoms with Gasteiger partial charge in [0.15, 0.2) is 0 Å². The Hall–Kier alpha value is -1.13. The summed E-state index contributed by atoms with van der Waals surface area (Å²) >= 11 is 0. The number of allylic oxidation sites excluding steroid dienone is 2. The van der Waals surface area contributed by atoms with Gasteiger partial charge in [0.25, 0.3) is 0 Å². The lowest BCUT2D eigenvalue weighted by Crippen LogP contribution is -2.37. The Morgan fingerprint density at radius 1 is 1.44 bits per heavy atom. The van der Waals surface area contributed by atoms with E-state index in [-0.39, 0.29) is 6.61 Å². The van der Waals surface area contributed by atoms with Gasteiger partial charge >= 0.3 is 5.97 Å². The Kier molecular flexibility index (Phi) is 7.55. The van der Waals surface area contributed by atoms with Gasteiger partial charge in [-0.25, -0.2) is 4.79 Å². The molecule has 0 unspecified atom stereocenters. The summed E-state index contributed by atoms with van der Waals surface area (Å²) in [5, 5.41) is 19.9. The average Bonchev–Trinajstić information content (AvgIpc) is 2.25. The van der Waals surface area contributed by atoms with Crippen molar-refractivity contribution >= 4 is 5.97 Å². The van der Waals surface area contributed by atoms with Crippen LogP contribution in [0.1, 0.15) is 40.5 Å². The van der Waals surface area contributed by atoms with Crippen molar-refractivity contribution in [1.82, 2.24) is 0 Å². The second-order valence-corrected chi connectivity index (χ2v) is 4.73. The molecule has 2 N–H and O–H groups in total. The van der Waals surface area contributed by atoms with E-state index in [4.69, 9.17) is 0 Å². The molecule has 0 fully saturated rings. The Labute approximate surface area is 109 Å². The number of hydrogen-bond donors (Lipinski definition) is 2. The summed E-state index contributed by atoms with van der Waals surface area (Å²) in [4.78, 5) is 11.1. The van der Waals surface area contributed by atoms with E-state index in [1.165, 1.54) is 11.6 Å². The third-order valence-corrected chi connectivity index (χ3v) is 2.54. The first-order valence-corrected chi connectivity index (χ1v) is 6.18. The van der Waals surface area contributed by atoms with Gasteiger partial charge < -0.3 is 14.9 Å². The predicted molar refractivity (Wildman–Crippen MR) is 71.1 cm³/mol. The Bertz CT molecular complexity index is 312. The van der Waals surface area contributed by atoms with Gasteiger partial charge in [-0.2, -0.15) is 0 Å². The molecule has 0 spiro atoms. The molecule has 0 aromatic carbocycles. The minimum atomic E-state index is -1.26. The smallest absolute Gasteiger partial charge is 0.330 e. The lowest BCUT2D eigenvalue weighted by atomic mass is 9.92. The predicted octanol–water partition coefficient (Wildman–Crippen LogP) is 1.96. The van der Waals surface area contributed by atoms with Gasteiger partial charge in [0.1, 0.15) is 6.10 Å². The van der Waals surface area contributed by atoms with Crippen LogP contribution in [0.5, 0.6) is 0 Å².